The van der Waals surface area contributed by atoms with E-state index in [4.69, 9.17) is 0 Å². The molecule has 0 amide bonds. The van der Waals surface area contributed by atoms with Crippen LogP contribution in [0.5, 0.6) is 5.75 Å². The number of aliphatic hydroxyl groups is 1. The third-order valence-electron chi connectivity index (χ3n) is 2.88. The van der Waals surface area contributed by atoms with Gasteiger partial charge in [-0.25, -0.2) is 8.42 Å². The molecule has 114 valence electrons. The van der Waals surface area contributed by atoms with Gasteiger partial charge in [0, 0.05) is 12.6 Å². The maximum Gasteiger partial charge on any atom is 0.229 e. The average molecular weight is 323 g/mol. The van der Waals surface area contributed by atoms with E-state index in [2.05, 4.69) is 10.0 Å². The van der Waals surface area contributed by atoms with Gasteiger partial charge in [-0.15, -0.1) is 12.4 Å². The highest BCUT2D eigenvalue weighted by Gasteiger charge is 2.22. The molecule has 1 fully saturated rings. The van der Waals surface area contributed by atoms with Crippen LogP contribution in [0, 0.1) is 0 Å². The average Bonchev–Trinajstić information content (AvgIpc) is 3.11. The summed E-state index contributed by atoms with van der Waals surface area (Å²) in [7, 11) is -3.47. The standard InChI is InChI=1S/C12H18N2O4S.ClH/c1-19(17,18)14-10-6-8(2-5-11(10)15)12(16)7-13-9-3-4-9;/h2,5-6,9,12-16H,3-4,7H2,1H3;1H. The van der Waals surface area contributed by atoms with Crippen LogP contribution >= 0.6 is 12.4 Å². The van der Waals surface area contributed by atoms with Crippen LogP contribution in [0.2, 0.25) is 0 Å². The Morgan fingerprint density at radius 3 is 2.60 bits per heavy atom. The highest BCUT2D eigenvalue weighted by atomic mass is 35.5. The molecule has 1 saturated carbocycles. The number of hydrogen-bond acceptors (Lipinski definition) is 5. The van der Waals surface area contributed by atoms with E-state index in [-0.39, 0.29) is 23.8 Å². The van der Waals surface area contributed by atoms with Crippen molar-refractivity contribution in [2.45, 2.75) is 25.0 Å². The number of anilines is 1. The van der Waals surface area contributed by atoms with Gasteiger partial charge in [0.25, 0.3) is 0 Å². The molecule has 1 aliphatic rings. The molecule has 4 N–H and O–H groups in total. The predicted octanol–water partition coefficient (Wildman–Crippen LogP) is 0.971. The van der Waals surface area contributed by atoms with Crippen LogP contribution < -0.4 is 10.0 Å². The molecule has 6 nitrogen and oxygen atoms in total. The number of nitrogens with one attached hydrogen (secondary N) is 2. The topological polar surface area (TPSA) is 98.7 Å². The molecule has 1 aromatic rings. The fourth-order valence-corrected chi connectivity index (χ4v) is 2.29. The molecule has 1 unspecified atom stereocenters. The zero-order valence-electron chi connectivity index (χ0n) is 11.0. The number of phenols is 1. The summed E-state index contributed by atoms with van der Waals surface area (Å²) in [5.41, 5.74) is 0.627. The lowest BCUT2D eigenvalue weighted by Gasteiger charge is -2.14. The summed E-state index contributed by atoms with van der Waals surface area (Å²) >= 11 is 0. The highest BCUT2D eigenvalue weighted by Crippen LogP contribution is 2.28. The van der Waals surface area contributed by atoms with E-state index >= 15 is 0 Å². The second-order valence-electron chi connectivity index (χ2n) is 4.85. The van der Waals surface area contributed by atoms with Crippen molar-refractivity contribution in [2.24, 2.45) is 0 Å². The first-order valence-corrected chi connectivity index (χ1v) is 7.96. The second kappa shape index (κ2) is 6.62. The number of halogens is 1. The molecular weight excluding hydrogens is 304 g/mol. The van der Waals surface area contributed by atoms with Crippen LogP contribution in [-0.4, -0.2) is 37.5 Å². The van der Waals surface area contributed by atoms with Gasteiger partial charge in [0.05, 0.1) is 18.0 Å². The lowest BCUT2D eigenvalue weighted by atomic mass is 10.1. The summed E-state index contributed by atoms with van der Waals surface area (Å²) in [5.74, 6) is -0.170. The van der Waals surface area contributed by atoms with Crippen molar-refractivity contribution in [3.8, 4) is 5.75 Å². The lowest BCUT2D eigenvalue weighted by molar-refractivity contribution is 0.174. The Bertz CT molecular complexity index is 561. The summed E-state index contributed by atoms with van der Waals surface area (Å²) in [6.45, 7) is 0.410. The van der Waals surface area contributed by atoms with Gasteiger partial charge >= 0.3 is 0 Å². The molecule has 0 bridgehead atoms. The van der Waals surface area contributed by atoms with E-state index < -0.39 is 16.1 Å². The van der Waals surface area contributed by atoms with E-state index in [9.17, 15) is 18.6 Å². The third kappa shape index (κ3) is 5.16. The number of aliphatic hydroxyl groups excluding tert-OH is 1. The van der Waals surface area contributed by atoms with Crippen LogP contribution in [-0.2, 0) is 10.0 Å². The maximum absolute atomic E-state index is 11.2. The summed E-state index contributed by atoms with van der Waals surface area (Å²) in [6, 6.07) is 4.86. The van der Waals surface area contributed by atoms with Crippen LogP contribution in [0.25, 0.3) is 0 Å². The van der Waals surface area contributed by atoms with Gasteiger partial charge in [-0.1, -0.05) is 6.07 Å². The van der Waals surface area contributed by atoms with E-state index in [0.717, 1.165) is 19.1 Å². The van der Waals surface area contributed by atoms with Gasteiger partial charge in [-0.2, -0.15) is 0 Å². The van der Waals surface area contributed by atoms with Crippen molar-refractivity contribution in [3.63, 3.8) is 0 Å². The Hall–Kier alpha value is -1.02. The van der Waals surface area contributed by atoms with Gasteiger partial charge in [-0.3, -0.25) is 4.72 Å². The molecule has 1 atom stereocenters. The van der Waals surface area contributed by atoms with Gasteiger partial charge in [-0.05, 0) is 30.5 Å². The minimum absolute atomic E-state index is 0. The van der Waals surface area contributed by atoms with Crippen LogP contribution in [0.1, 0.15) is 24.5 Å². The summed E-state index contributed by atoms with van der Waals surface area (Å²) in [6.07, 6.45) is 2.53. The Labute approximate surface area is 124 Å². The minimum atomic E-state index is -3.47. The zero-order chi connectivity index (χ0) is 14.0. The predicted molar refractivity (Wildman–Crippen MR) is 79.8 cm³/mol. The molecule has 0 saturated heterocycles. The largest absolute Gasteiger partial charge is 0.506 e. The van der Waals surface area contributed by atoms with Crippen molar-refractivity contribution in [3.05, 3.63) is 23.8 Å². The van der Waals surface area contributed by atoms with Crippen LogP contribution in [0.15, 0.2) is 18.2 Å². The molecule has 8 heteroatoms. The van der Waals surface area contributed by atoms with Gasteiger partial charge in [0.15, 0.2) is 0 Å². The lowest BCUT2D eigenvalue weighted by Crippen LogP contribution is -2.23. The molecular formula is C12H19ClN2O4S. The molecule has 0 aliphatic heterocycles. The summed E-state index contributed by atoms with van der Waals surface area (Å²) in [5, 5.41) is 22.8. The SMILES string of the molecule is CS(=O)(=O)Nc1cc(C(O)CNC2CC2)ccc1O.Cl. The van der Waals surface area contributed by atoms with Crippen LogP contribution in [0.4, 0.5) is 5.69 Å². The summed E-state index contributed by atoms with van der Waals surface area (Å²) < 4.78 is 24.5. The number of hydrogen-bond donors (Lipinski definition) is 4. The van der Waals surface area contributed by atoms with Crippen molar-refractivity contribution >= 4 is 28.1 Å². The second-order valence-corrected chi connectivity index (χ2v) is 6.60. The van der Waals surface area contributed by atoms with E-state index in [1.165, 1.54) is 12.1 Å². The Morgan fingerprint density at radius 1 is 1.40 bits per heavy atom. The molecule has 0 spiro atoms. The highest BCUT2D eigenvalue weighted by molar-refractivity contribution is 7.92. The smallest absolute Gasteiger partial charge is 0.229 e. The fraction of sp³-hybridized carbons (Fsp3) is 0.500. The van der Waals surface area contributed by atoms with Crippen molar-refractivity contribution in [1.29, 1.82) is 0 Å². The quantitative estimate of drug-likeness (QED) is 0.585. The number of rotatable bonds is 6. The number of benzene rings is 1. The molecule has 2 rings (SSSR count). The molecule has 0 heterocycles. The first-order valence-electron chi connectivity index (χ1n) is 6.07. The number of phenolic OH excluding ortho intramolecular Hbond substituents is 1. The normalized spacial score (nSPS) is 16.3. The molecule has 20 heavy (non-hydrogen) atoms. The first kappa shape index (κ1) is 17.0. The maximum atomic E-state index is 11.2. The summed E-state index contributed by atoms with van der Waals surface area (Å²) in [4.78, 5) is 0. The van der Waals surface area contributed by atoms with E-state index in [1.54, 1.807) is 6.07 Å². The molecule has 0 radical (unpaired) electrons. The Balaban J connectivity index is 0.00000200. The molecule has 1 aliphatic carbocycles. The fourth-order valence-electron chi connectivity index (χ4n) is 1.73. The first-order chi connectivity index (χ1) is 8.85. The van der Waals surface area contributed by atoms with Gasteiger partial charge < -0.3 is 15.5 Å². The van der Waals surface area contributed by atoms with Crippen molar-refractivity contribution in [1.82, 2.24) is 5.32 Å². The number of sulfonamides is 1. The Morgan fingerprint density at radius 2 is 2.05 bits per heavy atom. The number of aromatic hydroxyl groups is 1. The molecule has 1 aromatic carbocycles. The van der Waals surface area contributed by atoms with Crippen molar-refractivity contribution < 1.29 is 18.6 Å². The van der Waals surface area contributed by atoms with Gasteiger partial charge in [0.1, 0.15) is 5.75 Å². The van der Waals surface area contributed by atoms with E-state index in [1.807, 2.05) is 0 Å². The molecule has 0 aromatic heterocycles. The monoisotopic (exact) mass is 322 g/mol. The third-order valence-corrected chi connectivity index (χ3v) is 3.47. The van der Waals surface area contributed by atoms with Gasteiger partial charge in [0.2, 0.25) is 10.0 Å². The Kier molecular flexibility index (Phi) is 5.64. The minimum Gasteiger partial charge on any atom is -0.506 e. The van der Waals surface area contributed by atoms with Crippen molar-refractivity contribution in [2.75, 3.05) is 17.5 Å². The zero-order valence-corrected chi connectivity index (χ0v) is 12.7. The van der Waals surface area contributed by atoms with E-state index in [0.29, 0.717) is 18.2 Å². The van der Waals surface area contributed by atoms with Crippen LogP contribution in [0.3, 0.4) is 0 Å².